The molecule has 0 bridgehead atoms. The van der Waals surface area contributed by atoms with Crippen molar-refractivity contribution in [3.05, 3.63) is 24.3 Å². The van der Waals surface area contributed by atoms with Gasteiger partial charge in [-0.15, -0.1) is 0 Å². The number of nitrogens with one attached hydrogen (secondary N) is 1. The number of aliphatic hydroxyl groups is 1. The number of likely N-dealkylation sites (N-methyl/N-ethyl adjacent to an activating group) is 1. The van der Waals surface area contributed by atoms with Crippen LogP contribution in [0.25, 0.3) is 0 Å². The summed E-state index contributed by atoms with van der Waals surface area (Å²) in [5, 5.41) is 13.9. The molecule has 70 heavy (non-hydrogen) atoms. The van der Waals surface area contributed by atoms with E-state index in [1.807, 2.05) is 21.1 Å². The molecule has 2 N–H and O–H groups in total. The van der Waals surface area contributed by atoms with Crippen molar-refractivity contribution in [2.24, 2.45) is 0 Å². The molecule has 0 saturated heterocycles. The third kappa shape index (κ3) is 54.7. The Labute approximate surface area is 436 Å². The second-order valence-electron chi connectivity index (χ2n) is 22.4. The molecule has 0 spiro atoms. The van der Waals surface area contributed by atoms with Crippen molar-refractivity contribution in [3.8, 4) is 0 Å². The SMILES string of the molecule is CCCCCCC/C=C\C/C=C\CCCCCCCCCCCCCCCCCCCCCCCCCCCCCC(=O)NC(COP(=O)([O-])OCC[N+](C)(C)C)C(O)CCCCCCCCCCC. The van der Waals surface area contributed by atoms with Gasteiger partial charge in [0, 0.05) is 6.42 Å². The molecule has 8 nitrogen and oxygen atoms in total. The molecule has 0 saturated carbocycles. The van der Waals surface area contributed by atoms with Gasteiger partial charge < -0.3 is 28.8 Å². The van der Waals surface area contributed by atoms with Crippen molar-refractivity contribution in [2.45, 2.75) is 321 Å². The molecule has 0 aliphatic rings. The highest BCUT2D eigenvalue weighted by Crippen LogP contribution is 2.38. The number of phosphoric ester groups is 1. The van der Waals surface area contributed by atoms with Gasteiger partial charge in [0.1, 0.15) is 13.2 Å². The normalized spacial score (nSPS) is 14.0. The molecule has 3 unspecified atom stereocenters. The molecule has 9 heteroatoms. The third-order valence-corrected chi connectivity index (χ3v) is 15.2. The van der Waals surface area contributed by atoms with Crippen molar-refractivity contribution in [3.63, 3.8) is 0 Å². The van der Waals surface area contributed by atoms with Crippen LogP contribution >= 0.6 is 7.82 Å². The quantitative estimate of drug-likeness (QED) is 0.0272. The number of amides is 1. The lowest BCUT2D eigenvalue weighted by Crippen LogP contribution is -2.46. The van der Waals surface area contributed by atoms with Crippen molar-refractivity contribution < 1.29 is 32.9 Å². The van der Waals surface area contributed by atoms with E-state index in [2.05, 4.69) is 43.5 Å². The fourth-order valence-electron chi connectivity index (χ4n) is 9.37. The molecule has 0 aliphatic carbocycles. The molecule has 1 amide bonds. The highest BCUT2D eigenvalue weighted by atomic mass is 31.2. The number of carbonyl (C=O) groups is 1. The summed E-state index contributed by atoms with van der Waals surface area (Å²) in [5.41, 5.74) is 0. The highest BCUT2D eigenvalue weighted by molar-refractivity contribution is 7.45. The molecule has 0 aromatic rings. The number of nitrogens with zero attached hydrogens (tertiary/aromatic N) is 1. The summed E-state index contributed by atoms with van der Waals surface area (Å²) in [5.74, 6) is -0.161. The fourth-order valence-corrected chi connectivity index (χ4v) is 10.1. The second-order valence-corrected chi connectivity index (χ2v) is 23.8. The molecule has 0 aliphatic heterocycles. The number of aliphatic hydroxyl groups excluding tert-OH is 1. The number of hydrogen-bond acceptors (Lipinski definition) is 6. The Hall–Kier alpha value is -1.02. The van der Waals surface area contributed by atoms with E-state index in [0.29, 0.717) is 23.9 Å². The smallest absolute Gasteiger partial charge is 0.268 e. The first-order chi connectivity index (χ1) is 34.0. The van der Waals surface area contributed by atoms with Crippen LogP contribution in [0.15, 0.2) is 24.3 Å². The van der Waals surface area contributed by atoms with Crippen molar-refractivity contribution in [1.82, 2.24) is 5.32 Å². The van der Waals surface area contributed by atoms with Crippen LogP contribution in [-0.2, 0) is 18.4 Å². The van der Waals surface area contributed by atoms with Crippen LogP contribution in [0.4, 0.5) is 0 Å². The van der Waals surface area contributed by atoms with E-state index in [1.54, 1.807) is 0 Å². The second kappa shape index (κ2) is 52.8. The Morgan fingerprint density at radius 1 is 0.500 bits per heavy atom. The summed E-state index contributed by atoms with van der Waals surface area (Å²) >= 11 is 0. The van der Waals surface area contributed by atoms with Crippen LogP contribution in [-0.4, -0.2) is 68.5 Å². The first kappa shape index (κ1) is 69.0. The van der Waals surface area contributed by atoms with Gasteiger partial charge in [0.2, 0.25) is 5.91 Å². The topological polar surface area (TPSA) is 108 Å². The van der Waals surface area contributed by atoms with E-state index < -0.39 is 20.0 Å². The zero-order valence-corrected chi connectivity index (χ0v) is 48.4. The molecule has 416 valence electrons. The van der Waals surface area contributed by atoms with E-state index >= 15 is 0 Å². The lowest BCUT2D eigenvalue weighted by molar-refractivity contribution is -0.870. The molecule has 3 atom stereocenters. The van der Waals surface area contributed by atoms with E-state index in [0.717, 1.165) is 44.9 Å². The molecular weight excluding hydrogens is 888 g/mol. The van der Waals surface area contributed by atoms with Crippen LogP contribution < -0.4 is 10.2 Å². The van der Waals surface area contributed by atoms with Crippen molar-refractivity contribution in [1.29, 1.82) is 0 Å². The first-order valence-electron chi connectivity index (χ1n) is 30.7. The van der Waals surface area contributed by atoms with Crippen LogP contribution in [0, 0.1) is 0 Å². The number of rotatable bonds is 57. The average Bonchev–Trinajstić information content (AvgIpc) is 3.32. The summed E-state index contributed by atoms with van der Waals surface area (Å²) in [7, 11) is 1.32. The van der Waals surface area contributed by atoms with Gasteiger partial charge in [-0.3, -0.25) is 9.36 Å². The maximum absolute atomic E-state index is 12.9. The largest absolute Gasteiger partial charge is 0.756 e. The minimum absolute atomic E-state index is 0.0147. The standard InChI is InChI=1S/C61H121N2O6P/c1-6-8-10-12-14-16-17-18-19-20-21-22-23-24-25-26-27-28-29-30-31-32-33-34-35-36-37-38-39-40-41-42-43-44-45-47-49-51-53-55-61(65)62-59(58-69-70(66,67)68-57-56-63(3,4)5)60(64)54-52-50-48-46-15-13-11-9-7-2/h17-18,20-21,59-60,64H,6-16,19,22-58H2,1-5H3,(H-,62,65,66,67)/b18-17-,21-20-. The fraction of sp³-hybridized carbons (Fsp3) is 0.918. The highest BCUT2D eigenvalue weighted by Gasteiger charge is 2.24. The molecule has 0 aromatic heterocycles. The van der Waals surface area contributed by atoms with Gasteiger partial charge >= 0.3 is 0 Å². The van der Waals surface area contributed by atoms with Gasteiger partial charge in [-0.1, -0.05) is 282 Å². The van der Waals surface area contributed by atoms with Crippen LogP contribution in [0.5, 0.6) is 0 Å². The number of quaternary nitrogens is 1. The Bertz CT molecular complexity index is 1190. The van der Waals surface area contributed by atoms with E-state index in [1.165, 1.54) is 238 Å². The zero-order chi connectivity index (χ0) is 51.3. The summed E-state index contributed by atoms with van der Waals surface area (Å²) in [6.45, 7) is 4.71. The number of carbonyl (C=O) groups excluding carboxylic acids is 1. The van der Waals surface area contributed by atoms with E-state index in [4.69, 9.17) is 9.05 Å². The van der Waals surface area contributed by atoms with Gasteiger partial charge in [-0.2, -0.15) is 0 Å². The monoisotopic (exact) mass is 1010 g/mol. The lowest BCUT2D eigenvalue weighted by Gasteiger charge is -2.30. The van der Waals surface area contributed by atoms with Crippen molar-refractivity contribution in [2.75, 3.05) is 40.9 Å². The summed E-state index contributed by atoms with van der Waals surface area (Å²) < 4.78 is 23.3. The minimum atomic E-state index is -4.56. The molecule has 0 heterocycles. The van der Waals surface area contributed by atoms with Crippen LogP contribution in [0.1, 0.15) is 309 Å². The summed E-state index contributed by atoms with van der Waals surface area (Å²) in [6.07, 6.45) is 67.0. The maximum Gasteiger partial charge on any atom is 0.268 e. The Kier molecular flexibility index (Phi) is 52.1. The van der Waals surface area contributed by atoms with Gasteiger partial charge in [0.05, 0.1) is 39.9 Å². The number of phosphoric acid groups is 1. The molecular formula is C61H121N2O6P. The molecule has 0 fully saturated rings. The zero-order valence-electron chi connectivity index (χ0n) is 47.5. The van der Waals surface area contributed by atoms with Crippen LogP contribution in [0.3, 0.4) is 0 Å². The Morgan fingerprint density at radius 3 is 1.19 bits per heavy atom. The third-order valence-electron chi connectivity index (χ3n) is 14.2. The van der Waals surface area contributed by atoms with Crippen LogP contribution in [0.2, 0.25) is 0 Å². The molecule has 0 aromatic carbocycles. The van der Waals surface area contributed by atoms with Gasteiger partial charge in [0.25, 0.3) is 7.82 Å². The van der Waals surface area contributed by atoms with Gasteiger partial charge in [-0.25, -0.2) is 0 Å². The first-order valence-corrected chi connectivity index (χ1v) is 32.1. The van der Waals surface area contributed by atoms with Gasteiger partial charge in [-0.05, 0) is 44.9 Å². The van der Waals surface area contributed by atoms with Crippen molar-refractivity contribution >= 4 is 13.7 Å². The van der Waals surface area contributed by atoms with E-state index in [-0.39, 0.29) is 19.1 Å². The predicted molar refractivity (Wildman–Crippen MR) is 302 cm³/mol. The number of hydrogen-bond donors (Lipinski definition) is 2. The lowest BCUT2D eigenvalue weighted by atomic mass is 10.0. The summed E-state index contributed by atoms with van der Waals surface area (Å²) in [6, 6.07) is -0.795. The summed E-state index contributed by atoms with van der Waals surface area (Å²) in [4.78, 5) is 25.4. The van der Waals surface area contributed by atoms with Gasteiger partial charge in [0.15, 0.2) is 0 Å². The minimum Gasteiger partial charge on any atom is -0.756 e. The van der Waals surface area contributed by atoms with E-state index in [9.17, 15) is 19.4 Å². The number of allylic oxidation sites excluding steroid dienone is 4. The predicted octanol–water partition coefficient (Wildman–Crippen LogP) is 18.1. The molecule has 0 radical (unpaired) electrons. The Balaban J connectivity index is 3.75. The maximum atomic E-state index is 12.9. The Morgan fingerprint density at radius 2 is 0.829 bits per heavy atom. The molecule has 0 rings (SSSR count). The number of unbranched alkanes of at least 4 members (excludes halogenated alkanes) is 40. The average molecular weight is 1010 g/mol.